The average Bonchev–Trinajstić information content (AvgIpc) is 2.38. The molecule has 6 heteroatoms. The van der Waals surface area contributed by atoms with E-state index in [9.17, 15) is 13.2 Å². The Kier molecular flexibility index (Phi) is 7.83. The van der Waals surface area contributed by atoms with Crippen molar-refractivity contribution in [3.05, 3.63) is 0 Å². The Bertz CT molecular complexity index is 387. The summed E-state index contributed by atoms with van der Waals surface area (Å²) in [6.07, 6.45) is 9.62. The van der Waals surface area contributed by atoms with E-state index in [-0.39, 0.29) is 6.61 Å². The molecule has 4 aliphatic rings. The highest BCUT2D eigenvalue weighted by Gasteiger charge is 2.41. The molecule has 0 amide bonds. The van der Waals surface area contributed by atoms with Crippen LogP contribution < -0.4 is 0 Å². The molecule has 0 radical (unpaired) electrons. The van der Waals surface area contributed by atoms with E-state index in [1.54, 1.807) is 38.5 Å². The van der Waals surface area contributed by atoms with Crippen molar-refractivity contribution in [1.29, 1.82) is 0 Å². The summed E-state index contributed by atoms with van der Waals surface area (Å²) in [7, 11) is -4.00. The van der Waals surface area contributed by atoms with Crippen molar-refractivity contribution in [3.8, 4) is 0 Å². The van der Waals surface area contributed by atoms with Crippen LogP contribution in [0.5, 0.6) is 0 Å². The lowest BCUT2D eigenvalue weighted by Crippen LogP contribution is -2.38. The maximum Gasteiger partial charge on any atom is 0.302 e. The Hall–Kier alpha value is -0.620. The Labute approximate surface area is 134 Å². The minimum atomic E-state index is -4.00. The third kappa shape index (κ3) is 7.09. The Morgan fingerprint density at radius 2 is 1.27 bits per heavy atom. The number of ether oxygens (including phenoxy) is 1. The number of hydrogen-bond donors (Lipinski definition) is 1. The van der Waals surface area contributed by atoms with Gasteiger partial charge in [0.05, 0.1) is 0 Å². The van der Waals surface area contributed by atoms with Crippen LogP contribution in [0, 0.1) is 23.7 Å². The van der Waals surface area contributed by atoms with E-state index in [1.165, 1.54) is 23.7 Å². The minimum Gasteiger partial charge on any atom is -0.465 e. The molecule has 4 rings (SSSR count). The number of rotatable bonds is 3. The summed E-state index contributed by atoms with van der Waals surface area (Å²) in [5, 5.41) is 0. The van der Waals surface area contributed by atoms with Crippen molar-refractivity contribution in [2.45, 2.75) is 59.3 Å². The minimum absolute atomic E-state index is 0.297. The molecule has 0 aromatic heterocycles. The van der Waals surface area contributed by atoms with Gasteiger partial charge in [-0.05, 0) is 62.2 Å². The summed E-state index contributed by atoms with van der Waals surface area (Å²) in [6, 6.07) is 0. The second-order valence-electron chi connectivity index (χ2n) is 6.50. The van der Waals surface area contributed by atoms with Crippen LogP contribution in [0.4, 0.5) is 0 Å². The fraction of sp³-hybridized carbons (Fsp3) is 0.938. The smallest absolute Gasteiger partial charge is 0.302 e. The van der Waals surface area contributed by atoms with Crippen LogP contribution in [-0.4, -0.2) is 31.3 Å². The molecule has 0 aromatic rings. The van der Waals surface area contributed by atoms with Crippen molar-refractivity contribution in [2.75, 3.05) is 12.4 Å². The molecular weight excluding hydrogens is 304 g/mol. The standard InChI is InChI=1S/C10H16.C4H8O5S.C2H6/c1-7-2-9-4-8(1)5-10(3-7)6-9;1-4(5)9-2-3-10(6,7)8;1-2/h7-10H,1-6H2;2-3H2,1H3,(H,6,7,8);1-2H3. The van der Waals surface area contributed by atoms with Gasteiger partial charge in [-0.2, -0.15) is 8.42 Å². The van der Waals surface area contributed by atoms with Gasteiger partial charge in [0.15, 0.2) is 0 Å². The van der Waals surface area contributed by atoms with Gasteiger partial charge in [-0.15, -0.1) is 0 Å². The highest BCUT2D eigenvalue weighted by Crippen LogP contribution is 2.53. The number of carbonyl (C=O) groups excluding carboxylic acids is 1. The SMILES string of the molecule is C1C2CC3CC1CC(C2)C3.CC.CC(=O)OCCS(=O)(=O)O. The fourth-order valence-electron chi connectivity index (χ4n) is 4.27. The summed E-state index contributed by atoms with van der Waals surface area (Å²) in [4.78, 5) is 10.0. The maximum atomic E-state index is 10.0. The van der Waals surface area contributed by atoms with Crippen molar-refractivity contribution in [3.63, 3.8) is 0 Å². The van der Waals surface area contributed by atoms with Gasteiger partial charge in [-0.3, -0.25) is 9.35 Å². The highest BCUT2D eigenvalue weighted by atomic mass is 32.2. The lowest BCUT2D eigenvalue weighted by atomic mass is 9.56. The van der Waals surface area contributed by atoms with Gasteiger partial charge in [0.25, 0.3) is 10.1 Å². The van der Waals surface area contributed by atoms with Crippen molar-refractivity contribution < 1.29 is 22.5 Å². The van der Waals surface area contributed by atoms with Crippen molar-refractivity contribution in [2.24, 2.45) is 23.7 Å². The zero-order chi connectivity index (χ0) is 16.8. The lowest BCUT2D eigenvalue weighted by Gasteiger charge is -2.49. The normalized spacial score (nSPS) is 31.5. The zero-order valence-corrected chi connectivity index (χ0v) is 14.8. The number of carbonyl (C=O) groups is 1. The van der Waals surface area contributed by atoms with Crippen molar-refractivity contribution >= 4 is 16.1 Å². The average molecular weight is 334 g/mol. The van der Waals surface area contributed by atoms with E-state index in [4.69, 9.17) is 4.55 Å². The molecule has 0 aromatic carbocycles. The molecule has 0 spiro atoms. The molecule has 4 fully saturated rings. The first-order valence-electron chi connectivity index (χ1n) is 8.40. The van der Waals surface area contributed by atoms with Crippen LogP contribution >= 0.6 is 0 Å². The van der Waals surface area contributed by atoms with Crippen molar-refractivity contribution in [1.82, 2.24) is 0 Å². The van der Waals surface area contributed by atoms with Gasteiger partial charge in [0.2, 0.25) is 0 Å². The second kappa shape index (κ2) is 8.87. The molecule has 4 saturated carbocycles. The molecule has 5 nitrogen and oxygen atoms in total. The van der Waals surface area contributed by atoms with Crippen LogP contribution in [0.2, 0.25) is 0 Å². The highest BCUT2D eigenvalue weighted by molar-refractivity contribution is 7.85. The molecule has 0 heterocycles. The van der Waals surface area contributed by atoms with Gasteiger partial charge in [0.1, 0.15) is 12.4 Å². The topological polar surface area (TPSA) is 80.7 Å². The first-order valence-corrected chi connectivity index (χ1v) is 10.0. The summed E-state index contributed by atoms with van der Waals surface area (Å²) in [6.45, 7) is 4.86. The van der Waals surface area contributed by atoms with E-state index in [0.29, 0.717) is 0 Å². The van der Waals surface area contributed by atoms with Crippen LogP contribution in [0.25, 0.3) is 0 Å². The monoisotopic (exact) mass is 334 g/mol. The molecule has 1 N–H and O–H groups in total. The van der Waals surface area contributed by atoms with Gasteiger partial charge in [-0.25, -0.2) is 0 Å². The largest absolute Gasteiger partial charge is 0.465 e. The third-order valence-corrected chi connectivity index (χ3v) is 5.33. The third-order valence-electron chi connectivity index (χ3n) is 4.65. The second-order valence-corrected chi connectivity index (χ2v) is 8.08. The summed E-state index contributed by atoms with van der Waals surface area (Å²) in [5.74, 6) is 3.59. The molecular formula is C16H30O5S. The van der Waals surface area contributed by atoms with Gasteiger partial charge < -0.3 is 4.74 Å². The fourth-order valence-corrected chi connectivity index (χ4v) is 4.57. The quantitative estimate of drug-likeness (QED) is 0.632. The maximum absolute atomic E-state index is 10.0. The molecule has 0 unspecified atom stereocenters. The van der Waals surface area contributed by atoms with Gasteiger partial charge >= 0.3 is 5.97 Å². The molecule has 0 aliphatic heterocycles. The number of hydrogen-bond acceptors (Lipinski definition) is 4. The molecule has 4 aliphatic carbocycles. The predicted octanol–water partition coefficient (Wildman–Crippen LogP) is 3.30. The number of esters is 1. The molecule has 4 bridgehead atoms. The molecule has 0 atom stereocenters. The van der Waals surface area contributed by atoms with Gasteiger partial charge in [0, 0.05) is 6.92 Å². The molecule has 0 saturated heterocycles. The van der Waals surface area contributed by atoms with Gasteiger partial charge in [-0.1, -0.05) is 13.8 Å². The Morgan fingerprint density at radius 1 is 0.955 bits per heavy atom. The van der Waals surface area contributed by atoms with E-state index in [0.717, 1.165) is 6.92 Å². The van der Waals surface area contributed by atoms with Crippen LogP contribution in [0.15, 0.2) is 0 Å². The van der Waals surface area contributed by atoms with E-state index < -0.39 is 21.8 Å². The van der Waals surface area contributed by atoms with Crippen LogP contribution in [0.1, 0.15) is 59.3 Å². The lowest BCUT2D eigenvalue weighted by molar-refractivity contribution is -0.140. The zero-order valence-electron chi connectivity index (χ0n) is 14.0. The summed E-state index contributed by atoms with van der Waals surface area (Å²) >= 11 is 0. The predicted molar refractivity (Wildman–Crippen MR) is 86.1 cm³/mol. The van der Waals surface area contributed by atoms with E-state index >= 15 is 0 Å². The Balaban J connectivity index is 0.000000198. The first-order chi connectivity index (χ1) is 10.3. The molecule has 22 heavy (non-hydrogen) atoms. The Morgan fingerprint density at radius 3 is 1.50 bits per heavy atom. The van der Waals surface area contributed by atoms with E-state index in [1.807, 2.05) is 13.8 Å². The summed E-state index contributed by atoms with van der Waals surface area (Å²) in [5.41, 5.74) is 0. The molecule has 130 valence electrons. The van der Waals surface area contributed by atoms with E-state index in [2.05, 4.69) is 4.74 Å². The van der Waals surface area contributed by atoms with Crippen LogP contribution in [0.3, 0.4) is 0 Å². The van der Waals surface area contributed by atoms with Crippen LogP contribution in [-0.2, 0) is 19.6 Å². The summed E-state index contributed by atoms with van der Waals surface area (Å²) < 4.78 is 32.3. The first kappa shape index (κ1) is 19.4.